The Morgan fingerprint density at radius 3 is 2.57 bits per heavy atom. The highest BCUT2D eigenvalue weighted by Gasteiger charge is 2.51. The predicted octanol–water partition coefficient (Wildman–Crippen LogP) is 6.53. The Morgan fingerprint density at radius 2 is 1.87 bits per heavy atom. The zero-order valence-corrected chi connectivity index (χ0v) is 27.2. The van der Waals surface area contributed by atoms with Gasteiger partial charge in [-0.15, -0.1) is 6.58 Å². The molecule has 8 heteroatoms. The summed E-state index contributed by atoms with van der Waals surface area (Å²) < 4.78 is 0. The van der Waals surface area contributed by atoms with Gasteiger partial charge in [0.05, 0.1) is 5.56 Å². The number of allylic oxidation sites excluding steroid dienone is 4. The molecule has 5 rings (SSSR count). The summed E-state index contributed by atoms with van der Waals surface area (Å²) in [6, 6.07) is 9.31. The van der Waals surface area contributed by atoms with E-state index < -0.39 is 22.8 Å². The fourth-order valence-corrected chi connectivity index (χ4v) is 6.68. The van der Waals surface area contributed by atoms with Gasteiger partial charge in [-0.3, -0.25) is 14.4 Å². The topological polar surface area (TPSA) is 132 Å². The Balaban J connectivity index is 1.46. The van der Waals surface area contributed by atoms with E-state index in [2.05, 4.69) is 22.2 Å². The van der Waals surface area contributed by atoms with Crippen LogP contribution in [0, 0.1) is 11.8 Å². The van der Waals surface area contributed by atoms with Crippen molar-refractivity contribution in [3.8, 4) is 11.5 Å². The lowest BCUT2D eigenvalue weighted by molar-refractivity contribution is -0.138. The van der Waals surface area contributed by atoms with Crippen LogP contribution in [0.15, 0.2) is 72.5 Å². The molecule has 0 saturated carbocycles. The number of H-pyrrole nitrogens is 1. The highest BCUT2D eigenvalue weighted by Crippen LogP contribution is 2.41. The van der Waals surface area contributed by atoms with Crippen LogP contribution < -0.4 is 10.6 Å². The molecule has 8 nitrogen and oxygen atoms in total. The van der Waals surface area contributed by atoms with Crippen molar-refractivity contribution >= 4 is 35.1 Å². The monoisotopic (exact) mass is 621 g/mol. The standard InChI is InChI=1S/C38H43N3O5/c1-7-37(5,6)34-28(26-10-8-9-11-30(26)39-34)19-31-35(45)41-38(36(46)40-31)20-23(4)13-15-25(38)16-17-27-29(21-42)33(44)24(18-32(27)43)14-12-22(2)3/h7-13,15,18-19,21,23,25,39,43-44H,1,14,16-17,20H2,2-6H3,(H,40,46)(H,41,45). The number of nitrogens with one attached hydrogen (secondary N) is 3. The second-order valence-electron chi connectivity index (χ2n) is 13.4. The van der Waals surface area contributed by atoms with Crippen molar-refractivity contribution in [2.75, 3.05) is 0 Å². The lowest BCUT2D eigenvalue weighted by Crippen LogP contribution is -2.68. The van der Waals surface area contributed by atoms with Gasteiger partial charge < -0.3 is 25.8 Å². The van der Waals surface area contributed by atoms with E-state index in [1.165, 1.54) is 6.07 Å². The number of benzene rings is 2. The zero-order chi connectivity index (χ0) is 33.4. The number of aromatic amines is 1. The van der Waals surface area contributed by atoms with Crippen LogP contribution in [-0.2, 0) is 27.8 Å². The number of para-hydroxylation sites is 1. The number of aromatic nitrogens is 1. The largest absolute Gasteiger partial charge is 0.508 e. The molecule has 3 aromatic rings. The first-order chi connectivity index (χ1) is 21.8. The number of aldehydes is 1. The number of hydrogen-bond acceptors (Lipinski definition) is 5. The SMILES string of the molecule is C=CC(C)(C)c1[nH]c2ccccc2c1C=C1NC(=O)C2(CC(C)C=CC2CCc2c(O)cc(CC=C(C)C)c(O)c2C=O)NC1=O. The molecule has 1 aromatic heterocycles. The Bertz CT molecular complexity index is 1820. The van der Waals surface area contributed by atoms with Gasteiger partial charge in [0.1, 0.15) is 22.7 Å². The molecule has 1 fully saturated rings. The zero-order valence-electron chi connectivity index (χ0n) is 27.2. The van der Waals surface area contributed by atoms with Crippen LogP contribution >= 0.6 is 0 Å². The van der Waals surface area contributed by atoms with Crippen LogP contribution in [0.1, 0.15) is 80.2 Å². The van der Waals surface area contributed by atoms with Gasteiger partial charge in [0.25, 0.3) is 11.8 Å². The van der Waals surface area contributed by atoms with Crippen LogP contribution in [-0.4, -0.2) is 38.8 Å². The Morgan fingerprint density at radius 1 is 1.13 bits per heavy atom. The van der Waals surface area contributed by atoms with Gasteiger partial charge in [0, 0.05) is 44.6 Å². The number of carbonyl (C=O) groups excluding carboxylic acids is 3. The summed E-state index contributed by atoms with van der Waals surface area (Å²) in [7, 11) is 0. The van der Waals surface area contributed by atoms with E-state index in [1.807, 2.05) is 83.2 Å². The first-order valence-corrected chi connectivity index (χ1v) is 15.7. The second kappa shape index (κ2) is 12.5. The van der Waals surface area contributed by atoms with E-state index >= 15 is 0 Å². The Kier molecular flexibility index (Phi) is 8.85. The predicted molar refractivity (Wildman–Crippen MR) is 182 cm³/mol. The molecule has 3 atom stereocenters. The average molecular weight is 622 g/mol. The van der Waals surface area contributed by atoms with E-state index in [4.69, 9.17) is 0 Å². The minimum atomic E-state index is -1.23. The number of carbonyl (C=O) groups is 3. The lowest BCUT2D eigenvalue weighted by atomic mass is 9.69. The molecule has 2 heterocycles. The van der Waals surface area contributed by atoms with Gasteiger partial charge in [-0.25, -0.2) is 0 Å². The van der Waals surface area contributed by atoms with Crippen LogP contribution in [0.4, 0.5) is 0 Å². The lowest BCUT2D eigenvalue weighted by Gasteiger charge is -2.45. The third-order valence-electron chi connectivity index (χ3n) is 9.43. The smallest absolute Gasteiger partial charge is 0.268 e. The maximum Gasteiger partial charge on any atom is 0.268 e. The summed E-state index contributed by atoms with van der Waals surface area (Å²) in [5.41, 5.74) is 2.96. The van der Waals surface area contributed by atoms with Gasteiger partial charge in [0.15, 0.2) is 6.29 Å². The fourth-order valence-electron chi connectivity index (χ4n) is 6.68. The molecule has 1 aliphatic heterocycles. The van der Waals surface area contributed by atoms with Crippen LogP contribution in [0.3, 0.4) is 0 Å². The minimum absolute atomic E-state index is 0.0267. The molecule has 0 bridgehead atoms. The van der Waals surface area contributed by atoms with Gasteiger partial charge >= 0.3 is 0 Å². The van der Waals surface area contributed by atoms with E-state index in [1.54, 1.807) is 6.08 Å². The molecular weight excluding hydrogens is 578 g/mol. The molecule has 1 spiro atoms. The number of rotatable bonds is 9. The van der Waals surface area contributed by atoms with E-state index in [0.717, 1.165) is 27.7 Å². The van der Waals surface area contributed by atoms with Crippen LogP contribution in [0.2, 0.25) is 0 Å². The average Bonchev–Trinajstić information content (AvgIpc) is 3.39. The van der Waals surface area contributed by atoms with Crippen molar-refractivity contribution in [3.05, 3.63) is 100 Å². The molecule has 1 saturated heterocycles. The first-order valence-electron chi connectivity index (χ1n) is 15.7. The van der Waals surface area contributed by atoms with E-state index in [9.17, 15) is 24.6 Å². The van der Waals surface area contributed by atoms with Crippen LogP contribution in [0.5, 0.6) is 11.5 Å². The molecule has 46 heavy (non-hydrogen) atoms. The third-order valence-corrected chi connectivity index (χ3v) is 9.43. The highest BCUT2D eigenvalue weighted by atomic mass is 16.3. The normalized spacial score (nSPS) is 22.2. The van der Waals surface area contributed by atoms with E-state index in [-0.39, 0.29) is 41.0 Å². The minimum Gasteiger partial charge on any atom is -0.508 e. The molecular formula is C38H43N3O5. The molecule has 2 amide bonds. The number of hydrogen-bond donors (Lipinski definition) is 5. The molecule has 2 aliphatic rings. The number of aromatic hydroxyl groups is 2. The van der Waals surface area contributed by atoms with Crippen LogP contribution in [0.25, 0.3) is 17.0 Å². The number of phenols is 2. The van der Waals surface area contributed by atoms with Gasteiger partial charge in [0.2, 0.25) is 0 Å². The van der Waals surface area contributed by atoms with Gasteiger partial charge in [-0.1, -0.05) is 68.8 Å². The number of amides is 2. The van der Waals surface area contributed by atoms with Crippen molar-refractivity contribution < 1.29 is 24.6 Å². The van der Waals surface area contributed by atoms with Crippen molar-refractivity contribution in [1.29, 1.82) is 0 Å². The molecule has 240 valence electrons. The van der Waals surface area contributed by atoms with E-state index in [0.29, 0.717) is 36.7 Å². The molecule has 5 N–H and O–H groups in total. The summed E-state index contributed by atoms with van der Waals surface area (Å²) in [5, 5.41) is 28.7. The van der Waals surface area contributed by atoms with Crippen molar-refractivity contribution in [3.63, 3.8) is 0 Å². The summed E-state index contributed by atoms with van der Waals surface area (Å²) in [5.74, 6) is -1.35. The maximum atomic E-state index is 14.1. The third kappa shape index (κ3) is 5.91. The van der Waals surface area contributed by atoms with Gasteiger partial charge in [-0.05, 0) is 63.7 Å². The molecule has 0 radical (unpaired) electrons. The Labute approximate surface area is 270 Å². The summed E-state index contributed by atoms with van der Waals surface area (Å²) in [6.45, 7) is 13.9. The molecule has 1 aliphatic carbocycles. The van der Waals surface area contributed by atoms with Crippen molar-refractivity contribution in [1.82, 2.24) is 15.6 Å². The summed E-state index contributed by atoms with van der Waals surface area (Å²) in [6.07, 6.45) is 11.3. The van der Waals surface area contributed by atoms with Crippen molar-refractivity contribution in [2.24, 2.45) is 11.8 Å². The Hall–Kier alpha value is -4.85. The van der Waals surface area contributed by atoms with Crippen molar-refractivity contribution in [2.45, 2.75) is 71.3 Å². The van der Waals surface area contributed by atoms with Gasteiger partial charge in [-0.2, -0.15) is 0 Å². The first kappa shape index (κ1) is 32.5. The number of piperazine rings is 1. The highest BCUT2D eigenvalue weighted by molar-refractivity contribution is 6.10. The molecule has 3 unspecified atom stereocenters. The summed E-state index contributed by atoms with van der Waals surface area (Å²) in [4.78, 5) is 43.4. The summed E-state index contributed by atoms with van der Waals surface area (Å²) >= 11 is 0. The molecule has 2 aromatic carbocycles. The number of phenolic OH excluding ortho intramolecular Hbond substituents is 2. The number of fused-ring (bicyclic) bond motifs is 1. The maximum absolute atomic E-state index is 14.1. The quantitative estimate of drug-likeness (QED) is 0.0802. The fraction of sp³-hybridized carbons (Fsp3) is 0.342. The second-order valence-corrected chi connectivity index (χ2v) is 13.4.